The van der Waals surface area contributed by atoms with Crippen LogP contribution in [0, 0.1) is 0 Å². The minimum atomic E-state index is -0.214. The van der Waals surface area contributed by atoms with E-state index in [4.69, 9.17) is 18.9 Å². The minimum Gasteiger partial charge on any atom is -0.463 e. The van der Waals surface area contributed by atoms with Crippen molar-refractivity contribution in [2.24, 2.45) is 0 Å². The predicted molar refractivity (Wildman–Crippen MR) is 87.9 cm³/mol. The highest BCUT2D eigenvalue weighted by Gasteiger charge is 2.01. The molecule has 0 aliphatic heterocycles. The maximum Gasteiger partial charge on any atom is 0.306 e. The van der Waals surface area contributed by atoms with Gasteiger partial charge in [-0.1, -0.05) is 10.8 Å². The zero-order valence-electron chi connectivity index (χ0n) is 11.9. The van der Waals surface area contributed by atoms with Gasteiger partial charge in [0.2, 0.25) is 0 Å². The Balaban J connectivity index is 3.04. The van der Waals surface area contributed by atoms with Crippen LogP contribution in [0.2, 0.25) is 0 Å². The quantitative estimate of drug-likeness (QED) is 0.211. The van der Waals surface area contributed by atoms with Crippen molar-refractivity contribution in [3.8, 4) is 0 Å². The van der Waals surface area contributed by atoms with Crippen LogP contribution in [-0.2, 0) is 23.7 Å². The molecule has 8 heteroatoms. The number of ether oxygens (including phenoxy) is 4. The Hall–Kier alpha value is 0.400. The number of thioether (sulfide) groups is 1. The molecular weight excluding hydrogens is 320 g/mol. The number of thiol groups is 1. The monoisotopic (exact) mass is 344 g/mol. The van der Waals surface area contributed by atoms with Crippen LogP contribution in [0.5, 0.6) is 0 Å². The van der Waals surface area contributed by atoms with Gasteiger partial charge >= 0.3 is 5.97 Å². The summed E-state index contributed by atoms with van der Waals surface area (Å²) in [4.78, 5) is 11.1. The van der Waals surface area contributed by atoms with Crippen LogP contribution >= 0.6 is 34.2 Å². The van der Waals surface area contributed by atoms with Crippen molar-refractivity contribution >= 4 is 40.2 Å². The molecule has 0 aromatic rings. The molecule has 0 radical (unpaired) electrons. The van der Waals surface area contributed by atoms with Gasteiger partial charge in [0.25, 0.3) is 0 Å². The van der Waals surface area contributed by atoms with Crippen molar-refractivity contribution in [1.29, 1.82) is 0 Å². The van der Waals surface area contributed by atoms with Crippen LogP contribution in [-0.4, -0.2) is 70.0 Å². The van der Waals surface area contributed by atoms with E-state index < -0.39 is 0 Å². The second kappa shape index (κ2) is 17.5. The Bertz CT molecular complexity index is 219. The van der Waals surface area contributed by atoms with Crippen molar-refractivity contribution in [1.82, 2.24) is 0 Å². The van der Waals surface area contributed by atoms with Crippen molar-refractivity contribution in [3.63, 3.8) is 0 Å². The molecule has 0 N–H and O–H groups in total. The Kier molecular flexibility index (Phi) is 17.8. The van der Waals surface area contributed by atoms with Gasteiger partial charge < -0.3 is 18.9 Å². The number of hydrogen-bond donors (Lipinski definition) is 1. The van der Waals surface area contributed by atoms with Crippen molar-refractivity contribution in [2.75, 3.05) is 64.0 Å². The molecular formula is C12H24O5S3. The Morgan fingerprint density at radius 3 is 2.00 bits per heavy atom. The molecule has 0 rings (SSSR count). The van der Waals surface area contributed by atoms with Crippen LogP contribution in [0.3, 0.4) is 0 Å². The van der Waals surface area contributed by atoms with Crippen molar-refractivity contribution in [2.45, 2.75) is 6.42 Å². The first-order valence-electron chi connectivity index (χ1n) is 6.45. The predicted octanol–water partition coefficient (Wildman–Crippen LogP) is 1.91. The maximum atomic E-state index is 11.1. The van der Waals surface area contributed by atoms with Gasteiger partial charge in [0, 0.05) is 11.5 Å². The van der Waals surface area contributed by atoms with E-state index in [2.05, 4.69) is 11.7 Å². The van der Waals surface area contributed by atoms with E-state index in [1.807, 2.05) is 6.26 Å². The third-order valence-electron chi connectivity index (χ3n) is 2.06. The van der Waals surface area contributed by atoms with Gasteiger partial charge in [-0.2, -0.15) is 11.8 Å². The molecule has 120 valence electrons. The van der Waals surface area contributed by atoms with Gasteiger partial charge in [-0.05, 0) is 6.26 Å². The van der Waals surface area contributed by atoms with Gasteiger partial charge in [0.1, 0.15) is 6.61 Å². The highest BCUT2D eigenvalue weighted by atomic mass is 33.1. The summed E-state index contributed by atoms with van der Waals surface area (Å²) in [6.07, 6.45) is 2.43. The number of carbonyl (C=O) groups excluding carboxylic acids is 1. The van der Waals surface area contributed by atoms with Crippen LogP contribution in [0.4, 0.5) is 0 Å². The van der Waals surface area contributed by atoms with E-state index in [-0.39, 0.29) is 12.6 Å². The largest absolute Gasteiger partial charge is 0.463 e. The third kappa shape index (κ3) is 16.5. The average Bonchev–Trinajstić information content (AvgIpc) is 2.46. The molecule has 20 heavy (non-hydrogen) atoms. The Morgan fingerprint density at radius 2 is 1.45 bits per heavy atom. The van der Waals surface area contributed by atoms with Gasteiger partial charge in [0.05, 0.1) is 46.1 Å². The lowest BCUT2D eigenvalue weighted by atomic mass is 10.5. The van der Waals surface area contributed by atoms with Crippen LogP contribution in [0.1, 0.15) is 6.42 Å². The molecule has 0 spiro atoms. The summed E-state index contributed by atoms with van der Waals surface area (Å²) in [5, 5.41) is 0. The number of esters is 1. The molecule has 0 unspecified atom stereocenters. The molecule has 0 amide bonds. The molecule has 5 nitrogen and oxygen atoms in total. The molecule has 0 bridgehead atoms. The molecule has 0 saturated heterocycles. The van der Waals surface area contributed by atoms with E-state index in [0.29, 0.717) is 45.2 Å². The summed E-state index contributed by atoms with van der Waals surface area (Å²) in [5.41, 5.74) is 0. The summed E-state index contributed by atoms with van der Waals surface area (Å²) in [6.45, 7) is 3.65. The number of rotatable bonds is 15. The molecule has 0 atom stereocenters. The number of hydrogen-bond acceptors (Lipinski definition) is 8. The first kappa shape index (κ1) is 20.4. The lowest BCUT2D eigenvalue weighted by Gasteiger charge is -2.07. The highest BCUT2D eigenvalue weighted by molar-refractivity contribution is 8.68. The fraction of sp³-hybridized carbons (Fsp3) is 0.917. The summed E-state index contributed by atoms with van der Waals surface area (Å²) >= 11 is 5.70. The topological polar surface area (TPSA) is 54.0 Å². The van der Waals surface area contributed by atoms with Crippen LogP contribution < -0.4 is 0 Å². The molecule has 0 aliphatic rings. The summed E-state index contributed by atoms with van der Waals surface area (Å²) in [6, 6.07) is 0. The molecule has 0 heterocycles. The normalized spacial score (nSPS) is 10.7. The van der Waals surface area contributed by atoms with Gasteiger partial charge in [-0.3, -0.25) is 4.79 Å². The van der Waals surface area contributed by atoms with Gasteiger partial charge in [-0.25, -0.2) is 0 Å². The van der Waals surface area contributed by atoms with Gasteiger partial charge in [0.15, 0.2) is 0 Å². The first-order chi connectivity index (χ1) is 9.81. The Labute approximate surface area is 134 Å². The van der Waals surface area contributed by atoms with E-state index in [1.165, 1.54) is 10.8 Å². The fourth-order valence-corrected chi connectivity index (χ4v) is 1.92. The van der Waals surface area contributed by atoms with Crippen LogP contribution in [0.15, 0.2) is 0 Å². The van der Waals surface area contributed by atoms with E-state index in [0.717, 1.165) is 12.4 Å². The second-order valence-electron chi connectivity index (χ2n) is 3.63. The third-order valence-corrected chi connectivity index (χ3v) is 3.57. The van der Waals surface area contributed by atoms with Gasteiger partial charge in [-0.15, -0.1) is 11.7 Å². The van der Waals surface area contributed by atoms with E-state index >= 15 is 0 Å². The fourth-order valence-electron chi connectivity index (χ4n) is 1.10. The smallest absolute Gasteiger partial charge is 0.306 e. The van der Waals surface area contributed by atoms with Crippen LogP contribution in [0.25, 0.3) is 0 Å². The SMILES string of the molecule is CSCCOCCOCCOCCOC(=O)CCSS. The molecule has 0 aromatic heterocycles. The first-order valence-corrected chi connectivity index (χ1v) is 9.88. The second-order valence-corrected chi connectivity index (χ2v) is 6.06. The zero-order valence-corrected chi connectivity index (χ0v) is 14.4. The molecule has 0 aliphatic carbocycles. The molecule has 0 fully saturated rings. The molecule has 0 saturated carbocycles. The minimum absolute atomic E-state index is 0.214. The summed E-state index contributed by atoms with van der Waals surface area (Å²) < 4.78 is 20.9. The van der Waals surface area contributed by atoms with Crippen molar-refractivity contribution < 1.29 is 23.7 Å². The Morgan fingerprint density at radius 1 is 0.900 bits per heavy atom. The van der Waals surface area contributed by atoms with E-state index in [9.17, 15) is 4.79 Å². The lowest BCUT2D eigenvalue weighted by Crippen LogP contribution is -2.14. The van der Waals surface area contributed by atoms with E-state index in [1.54, 1.807) is 11.8 Å². The summed E-state index contributed by atoms with van der Waals surface area (Å²) in [5.74, 6) is 1.46. The average molecular weight is 345 g/mol. The highest BCUT2D eigenvalue weighted by Crippen LogP contribution is 2.06. The summed E-state index contributed by atoms with van der Waals surface area (Å²) in [7, 11) is 1.33. The lowest BCUT2D eigenvalue weighted by molar-refractivity contribution is -0.144. The standard InChI is InChI=1S/C12H24O5S3/c1-19-11-9-16-6-5-14-3-4-15-7-8-17-12(13)2-10-20-18/h18H,2-11H2,1H3. The maximum absolute atomic E-state index is 11.1. The van der Waals surface area contributed by atoms with Crippen molar-refractivity contribution in [3.05, 3.63) is 0 Å². The number of carbonyl (C=O) groups is 1. The zero-order chi connectivity index (χ0) is 14.9. The molecule has 0 aromatic carbocycles.